The summed E-state index contributed by atoms with van der Waals surface area (Å²) in [7, 11) is 0. The first-order chi connectivity index (χ1) is 9.83. The second kappa shape index (κ2) is 5.80. The average molecular weight is 278 g/mol. The molecule has 0 saturated carbocycles. The van der Waals surface area contributed by atoms with Crippen molar-refractivity contribution in [2.75, 3.05) is 5.73 Å². The molecule has 2 nitrogen and oxygen atoms in total. The average Bonchev–Trinajstić information content (AvgIpc) is 2.51. The van der Waals surface area contributed by atoms with Gasteiger partial charge in [-0.3, -0.25) is 0 Å². The van der Waals surface area contributed by atoms with Gasteiger partial charge >= 0.3 is 0 Å². The molecular formula is C17H14N2S. The fraction of sp³-hybridized carbons (Fsp3) is 0. The second-order valence-electron chi connectivity index (χ2n) is 4.37. The van der Waals surface area contributed by atoms with Crippen molar-refractivity contribution in [1.82, 2.24) is 4.98 Å². The number of nitrogen functional groups attached to an aromatic ring is 1. The molecule has 0 saturated heterocycles. The molecule has 1 heterocycles. The van der Waals surface area contributed by atoms with Gasteiger partial charge in [-0.25, -0.2) is 4.98 Å². The van der Waals surface area contributed by atoms with E-state index in [4.69, 9.17) is 5.73 Å². The summed E-state index contributed by atoms with van der Waals surface area (Å²) in [5.74, 6) is 0. The summed E-state index contributed by atoms with van der Waals surface area (Å²) < 4.78 is 0. The SMILES string of the molecule is Nc1ccc(Sc2ccccc2)nc1-c1ccccc1. The van der Waals surface area contributed by atoms with E-state index in [0.29, 0.717) is 5.69 Å². The molecule has 0 aliphatic heterocycles. The Balaban J connectivity index is 1.95. The van der Waals surface area contributed by atoms with Gasteiger partial charge in [-0.1, -0.05) is 60.3 Å². The molecule has 20 heavy (non-hydrogen) atoms. The lowest BCUT2D eigenvalue weighted by atomic mass is 10.1. The Labute approximate surface area is 122 Å². The van der Waals surface area contributed by atoms with E-state index in [9.17, 15) is 0 Å². The first-order valence-corrected chi connectivity index (χ1v) is 7.19. The number of nitrogens with two attached hydrogens (primary N) is 1. The Morgan fingerprint density at radius 2 is 1.40 bits per heavy atom. The summed E-state index contributed by atoms with van der Waals surface area (Å²) >= 11 is 1.64. The first kappa shape index (κ1) is 12.8. The molecule has 0 aliphatic rings. The quantitative estimate of drug-likeness (QED) is 0.767. The molecule has 98 valence electrons. The highest BCUT2D eigenvalue weighted by Gasteiger charge is 2.06. The van der Waals surface area contributed by atoms with Crippen molar-refractivity contribution >= 4 is 17.4 Å². The number of rotatable bonds is 3. The number of aromatic nitrogens is 1. The van der Waals surface area contributed by atoms with Crippen LogP contribution < -0.4 is 5.73 Å². The third kappa shape index (κ3) is 2.83. The molecule has 1 aromatic heterocycles. The summed E-state index contributed by atoms with van der Waals surface area (Å²) in [5.41, 5.74) is 8.63. The predicted octanol–water partition coefficient (Wildman–Crippen LogP) is 4.48. The van der Waals surface area contributed by atoms with Crippen LogP contribution in [-0.4, -0.2) is 4.98 Å². The Morgan fingerprint density at radius 1 is 0.750 bits per heavy atom. The van der Waals surface area contributed by atoms with Crippen molar-refractivity contribution in [1.29, 1.82) is 0 Å². The lowest BCUT2D eigenvalue weighted by Gasteiger charge is -2.07. The van der Waals surface area contributed by atoms with Crippen molar-refractivity contribution in [2.45, 2.75) is 9.92 Å². The van der Waals surface area contributed by atoms with Gasteiger partial charge in [0, 0.05) is 10.5 Å². The number of anilines is 1. The molecule has 3 rings (SSSR count). The highest BCUT2D eigenvalue weighted by atomic mass is 32.2. The van der Waals surface area contributed by atoms with Crippen molar-refractivity contribution in [3.8, 4) is 11.3 Å². The van der Waals surface area contributed by atoms with Crippen LogP contribution in [0.1, 0.15) is 0 Å². The van der Waals surface area contributed by atoms with Crippen LogP contribution in [0, 0.1) is 0 Å². The summed E-state index contributed by atoms with van der Waals surface area (Å²) in [6, 6.07) is 24.1. The Kier molecular flexibility index (Phi) is 3.70. The maximum atomic E-state index is 6.04. The molecule has 0 unspecified atom stereocenters. The normalized spacial score (nSPS) is 10.4. The molecular weight excluding hydrogens is 264 g/mol. The van der Waals surface area contributed by atoms with Gasteiger partial charge in [0.2, 0.25) is 0 Å². The summed E-state index contributed by atoms with van der Waals surface area (Å²) in [5, 5.41) is 0.948. The minimum absolute atomic E-state index is 0.702. The molecule has 0 radical (unpaired) electrons. The van der Waals surface area contributed by atoms with E-state index in [1.54, 1.807) is 11.8 Å². The zero-order chi connectivity index (χ0) is 13.8. The molecule has 0 bridgehead atoms. The molecule has 2 N–H and O–H groups in total. The Bertz CT molecular complexity index is 697. The predicted molar refractivity (Wildman–Crippen MR) is 84.7 cm³/mol. The second-order valence-corrected chi connectivity index (χ2v) is 5.46. The van der Waals surface area contributed by atoms with Gasteiger partial charge in [-0.15, -0.1) is 0 Å². The Hall–Kier alpha value is -2.26. The van der Waals surface area contributed by atoms with Gasteiger partial charge in [0.15, 0.2) is 0 Å². The van der Waals surface area contributed by atoms with Gasteiger partial charge in [0.1, 0.15) is 5.03 Å². The van der Waals surface area contributed by atoms with Crippen LogP contribution in [0.15, 0.2) is 82.7 Å². The van der Waals surface area contributed by atoms with Crippen molar-refractivity contribution in [3.05, 3.63) is 72.8 Å². The summed E-state index contributed by atoms with van der Waals surface area (Å²) in [6.45, 7) is 0. The van der Waals surface area contributed by atoms with Gasteiger partial charge in [0.25, 0.3) is 0 Å². The van der Waals surface area contributed by atoms with E-state index in [1.807, 2.05) is 60.7 Å². The van der Waals surface area contributed by atoms with Crippen LogP contribution in [0.25, 0.3) is 11.3 Å². The van der Waals surface area contributed by atoms with Crippen LogP contribution in [0.5, 0.6) is 0 Å². The highest BCUT2D eigenvalue weighted by molar-refractivity contribution is 7.99. The molecule has 3 heteroatoms. The maximum Gasteiger partial charge on any atom is 0.102 e. The lowest BCUT2D eigenvalue weighted by molar-refractivity contribution is 1.14. The van der Waals surface area contributed by atoms with Crippen molar-refractivity contribution in [2.24, 2.45) is 0 Å². The molecule has 3 aromatic rings. The largest absolute Gasteiger partial charge is 0.397 e. The van der Waals surface area contributed by atoms with Crippen LogP contribution in [-0.2, 0) is 0 Å². The smallest absolute Gasteiger partial charge is 0.102 e. The third-order valence-corrected chi connectivity index (χ3v) is 3.86. The summed E-state index contributed by atoms with van der Waals surface area (Å²) in [4.78, 5) is 5.85. The number of hydrogen-bond acceptors (Lipinski definition) is 3. The van der Waals surface area contributed by atoms with Crippen LogP contribution in [0.4, 0.5) is 5.69 Å². The monoisotopic (exact) mass is 278 g/mol. The van der Waals surface area contributed by atoms with Crippen LogP contribution in [0.3, 0.4) is 0 Å². The van der Waals surface area contributed by atoms with Gasteiger partial charge in [0.05, 0.1) is 11.4 Å². The van der Waals surface area contributed by atoms with E-state index in [2.05, 4.69) is 17.1 Å². The molecule has 0 fully saturated rings. The number of hydrogen-bond donors (Lipinski definition) is 1. The van der Waals surface area contributed by atoms with Crippen molar-refractivity contribution < 1.29 is 0 Å². The molecule has 0 amide bonds. The minimum Gasteiger partial charge on any atom is -0.397 e. The lowest BCUT2D eigenvalue weighted by Crippen LogP contribution is -1.94. The zero-order valence-electron chi connectivity index (χ0n) is 10.9. The fourth-order valence-corrected chi connectivity index (χ4v) is 2.75. The number of pyridine rings is 1. The van der Waals surface area contributed by atoms with Gasteiger partial charge in [-0.05, 0) is 24.3 Å². The van der Waals surface area contributed by atoms with E-state index in [-0.39, 0.29) is 0 Å². The van der Waals surface area contributed by atoms with Crippen LogP contribution in [0.2, 0.25) is 0 Å². The van der Waals surface area contributed by atoms with E-state index in [0.717, 1.165) is 16.3 Å². The van der Waals surface area contributed by atoms with Crippen LogP contribution >= 0.6 is 11.8 Å². The molecule has 0 spiro atoms. The standard InChI is InChI=1S/C17H14N2S/c18-15-11-12-16(20-14-9-5-2-6-10-14)19-17(15)13-7-3-1-4-8-13/h1-12H,18H2. The molecule has 2 aromatic carbocycles. The fourth-order valence-electron chi connectivity index (χ4n) is 1.95. The number of nitrogens with zero attached hydrogens (tertiary/aromatic N) is 1. The highest BCUT2D eigenvalue weighted by Crippen LogP contribution is 2.30. The zero-order valence-corrected chi connectivity index (χ0v) is 11.7. The number of benzene rings is 2. The molecule has 0 atom stereocenters. The van der Waals surface area contributed by atoms with Gasteiger partial charge < -0.3 is 5.73 Å². The van der Waals surface area contributed by atoms with Gasteiger partial charge in [-0.2, -0.15) is 0 Å². The topological polar surface area (TPSA) is 38.9 Å². The first-order valence-electron chi connectivity index (χ1n) is 6.38. The van der Waals surface area contributed by atoms with E-state index in [1.165, 1.54) is 4.90 Å². The summed E-state index contributed by atoms with van der Waals surface area (Å²) in [6.07, 6.45) is 0. The van der Waals surface area contributed by atoms with E-state index >= 15 is 0 Å². The van der Waals surface area contributed by atoms with Crippen molar-refractivity contribution in [3.63, 3.8) is 0 Å². The minimum atomic E-state index is 0.702. The Morgan fingerprint density at radius 3 is 2.10 bits per heavy atom. The third-order valence-electron chi connectivity index (χ3n) is 2.91. The van der Waals surface area contributed by atoms with E-state index < -0.39 is 0 Å². The molecule has 0 aliphatic carbocycles. The maximum absolute atomic E-state index is 6.04.